The smallest absolute Gasteiger partial charge is 0.417 e. The summed E-state index contributed by atoms with van der Waals surface area (Å²) in [6.07, 6.45) is 1.50. The van der Waals surface area contributed by atoms with Gasteiger partial charge in [0, 0.05) is 10.6 Å². The maximum absolute atomic E-state index is 11.9. The van der Waals surface area contributed by atoms with Gasteiger partial charge in [0.15, 0.2) is 0 Å². The summed E-state index contributed by atoms with van der Waals surface area (Å²) in [5.41, 5.74) is 1.74. The Bertz CT molecular complexity index is 641. The second-order valence-electron chi connectivity index (χ2n) is 4.60. The molecule has 0 aliphatic rings. The molecule has 2 aromatic carbocycles. The van der Waals surface area contributed by atoms with Gasteiger partial charge in [-0.25, -0.2) is 4.79 Å². The molecule has 0 fully saturated rings. The zero-order valence-electron chi connectivity index (χ0n) is 12.9. The van der Waals surface area contributed by atoms with E-state index in [0.717, 1.165) is 11.3 Å². The highest BCUT2D eigenvalue weighted by molar-refractivity contribution is 7.98. The number of hydrogen-bond donors (Lipinski definition) is 1. The van der Waals surface area contributed by atoms with Crippen LogP contribution in [0.2, 0.25) is 0 Å². The third-order valence-electron chi connectivity index (χ3n) is 2.99. The van der Waals surface area contributed by atoms with Gasteiger partial charge in [-0.1, -0.05) is 0 Å². The van der Waals surface area contributed by atoms with E-state index >= 15 is 0 Å². The lowest BCUT2D eigenvalue weighted by Crippen LogP contribution is -2.16. The van der Waals surface area contributed by atoms with Crippen LogP contribution in [-0.4, -0.2) is 19.0 Å². The summed E-state index contributed by atoms with van der Waals surface area (Å²) >= 11 is 1.66. The fraction of sp³-hybridized carbons (Fsp3) is 0.235. The Morgan fingerprint density at radius 2 is 1.82 bits per heavy atom. The molecule has 4 nitrogen and oxygen atoms in total. The van der Waals surface area contributed by atoms with Crippen LogP contribution >= 0.6 is 11.8 Å². The summed E-state index contributed by atoms with van der Waals surface area (Å²) in [6, 6.07) is 12.7. The molecule has 0 bridgehead atoms. The van der Waals surface area contributed by atoms with Gasteiger partial charge in [0.2, 0.25) is 0 Å². The van der Waals surface area contributed by atoms with E-state index in [2.05, 4.69) is 5.32 Å². The number of ether oxygens (including phenoxy) is 2. The van der Waals surface area contributed by atoms with Gasteiger partial charge in [0.1, 0.15) is 11.5 Å². The van der Waals surface area contributed by atoms with Crippen molar-refractivity contribution < 1.29 is 14.3 Å². The molecule has 0 spiro atoms. The molecule has 0 aliphatic carbocycles. The number of hydrogen-bond acceptors (Lipinski definition) is 4. The summed E-state index contributed by atoms with van der Waals surface area (Å²) in [6.45, 7) is 4.52. The first-order valence-corrected chi connectivity index (χ1v) is 8.21. The first kappa shape index (κ1) is 16.2. The number of amides is 1. The topological polar surface area (TPSA) is 47.6 Å². The fourth-order valence-corrected chi connectivity index (χ4v) is 2.55. The van der Waals surface area contributed by atoms with Crippen molar-refractivity contribution in [2.75, 3.05) is 18.2 Å². The molecule has 1 N–H and O–H groups in total. The molecule has 0 saturated carbocycles. The van der Waals surface area contributed by atoms with Crippen molar-refractivity contribution in [1.82, 2.24) is 0 Å². The van der Waals surface area contributed by atoms with Crippen molar-refractivity contribution in [3.63, 3.8) is 0 Å². The molecule has 1 amide bonds. The Kier molecular flexibility index (Phi) is 5.72. The van der Waals surface area contributed by atoms with Gasteiger partial charge in [-0.3, -0.25) is 5.32 Å². The lowest BCUT2D eigenvalue weighted by Gasteiger charge is -2.09. The second-order valence-corrected chi connectivity index (χ2v) is 5.45. The Labute approximate surface area is 134 Å². The molecule has 0 saturated heterocycles. The average Bonchev–Trinajstić information content (AvgIpc) is 2.50. The van der Waals surface area contributed by atoms with E-state index in [4.69, 9.17) is 9.47 Å². The van der Waals surface area contributed by atoms with Gasteiger partial charge in [-0.05, 0) is 68.1 Å². The largest absolute Gasteiger partial charge is 0.494 e. The van der Waals surface area contributed by atoms with Crippen LogP contribution in [-0.2, 0) is 0 Å². The Morgan fingerprint density at radius 3 is 2.41 bits per heavy atom. The van der Waals surface area contributed by atoms with Crippen molar-refractivity contribution in [2.45, 2.75) is 18.7 Å². The average molecular weight is 317 g/mol. The van der Waals surface area contributed by atoms with Crippen LogP contribution in [0.25, 0.3) is 0 Å². The number of carbonyl (C=O) groups excluding carboxylic acids is 1. The summed E-state index contributed by atoms with van der Waals surface area (Å²) in [7, 11) is 0. The highest BCUT2D eigenvalue weighted by atomic mass is 32.2. The minimum absolute atomic E-state index is 0.513. The van der Waals surface area contributed by atoms with Crippen LogP contribution in [0.1, 0.15) is 12.5 Å². The monoisotopic (exact) mass is 317 g/mol. The molecule has 0 aliphatic heterocycles. The lowest BCUT2D eigenvalue weighted by atomic mass is 10.2. The molecule has 22 heavy (non-hydrogen) atoms. The van der Waals surface area contributed by atoms with E-state index in [1.807, 2.05) is 32.2 Å². The summed E-state index contributed by atoms with van der Waals surface area (Å²) < 4.78 is 10.6. The van der Waals surface area contributed by atoms with E-state index in [0.29, 0.717) is 18.0 Å². The minimum Gasteiger partial charge on any atom is -0.494 e. The summed E-state index contributed by atoms with van der Waals surface area (Å²) in [5.74, 6) is 1.29. The maximum atomic E-state index is 11.9. The fourth-order valence-electron chi connectivity index (χ4n) is 1.97. The second kappa shape index (κ2) is 7.75. The van der Waals surface area contributed by atoms with E-state index in [-0.39, 0.29) is 0 Å². The molecule has 0 aromatic heterocycles. The van der Waals surface area contributed by atoms with Gasteiger partial charge in [-0.2, -0.15) is 0 Å². The highest BCUT2D eigenvalue weighted by Crippen LogP contribution is 2.24. The van der Waals surface area contributed by atoms with Crippen molar-refractivity contribution in [2.24, 2.45) is 0 Å². The van der Waals surface area contributed by atoms with Gasteiger partial charge in [-0.15, -0.1) is 11.8 Å². The first-order chi connectivity index (χ1) is 10.6. The van der Waals surface area contributed by atoms with Crippen molar-refractivity contribution >= 4 is 23.5 Å². The number of carbonyl (C=O) groups is 1. The lowest BCUT2D eigenvalue weighted by molar-refractivity contribution is 0.215. The number of benzene rings is 2. The van der Waals surface area contributed by atoms with E-state index < -0.39 is 6.09 Å². The predicted octanol–water partition coefficient (Wildman–Crippen LogP) is 4.73. The van der Waals surface area contributed by atoms with Gasteiger partial charge in [0.25, 0.3) is 0 Å². The van der Waals surface area contributed by atoms with Crippen molar-refractivity contribution in [3.8, 4) is 11.5 Å². The molecule has 0 atom stereocenters. The summed E-state index contributed by atoms with van der Waals surface area (Å²) in [4.78, 5) is 13.1. The molecule has 0 heterocycles. The van der Waals surface area contributed by atoms with Crippen LogP contribution in [0.5, 0.6) is 11.5 Å². The molecular formula is C17H19NO3S. The first-order valence-electron chi connectivity index (χ1n) is 6.98. The number of rotatable bonds is 5. The zero-order chi connectivity index (χ0) is 15.9. The quantitative estimate of drug-likeness (QED) is 0.810. The van der Waals surface area contributed by atoms with Crippen LogP contribution in [0.4, 0.5) is 10.5 Å². The van der Waals surface area contributed by atoms with Crippen molar-refractivity contribution in [3.05, 3.63) is 48.0 Å². The minimum atomic E-state index is -0.513. The molecule has 2 aromatic rings. The molecule has 0 unspecified atom stereocenters. The van der Waals surface area contributed by atoms with Gasteiger partial charge >= 0.3 is 6.09 Å². The van der Waals surface area contributed by atoms with E-state index in [1.165, 1.54) is 4.90 Å². The van der Waals surface area contributed by atoms with Crippen LogP contribution < -0.4 is 14.8 Å². The highest BCUT2D eigenvalue weighted by Gasteiger charge is 2.07. The number of nitrogens with one attached hydrogen (secondary N) is 1. The maximum Gasteiger partial charge on any atom is 0.417 e. The molecule has 5 heteroatoms. The number of aryl methyl sites for hydroxylation is 1. The molecular weight excluding hydrogens is 298 g/mol. The number of anilines is 1. The van der Waals surface area contributed by atoms with Crippen LogP contribution in [0.3, 0.4) is 0 Å². The SMILES string of the molecule is CCOc1ccc(NC(=O)Oc2ccc(SC)c(C)c2)cc1. The van der Waals surface area contributed by atoms with Crippen LogP contribution in [0.15, 0.2) is 47.4 Å². The standard InChI is InChI=1S/C17H19NO3S/c1-4-20-14-7-5-13(6-8-14)18-17(19)21-15-9-10-16(22-3)12(2)11-15/h5-11H,4H2,1-3H3,(H,18,19). The van der Waals surface area contributed by atoms with Crippen molar-refractivity contribution in [1.29, 1.82) is 0 Å². The van der Waals surface area contributed by atoms with Crippen LogP contribution in [0, 0.1) is 6.92 Å². The third-order valence-corrected chi connectivity index (χ3v) is 3.89. The van der Waals surface area contributed by atoms with E-state index in [9.17, 15) is 4.79 Å². The Balaban J connectivity index is 1.96. The summed E-state index contributed by atoms with van der Waals surface area (Å²) in [5, 5.41) is 2.69. The Hall–Kier alpha value is -2.14. The molecule has 116 valence electrons. The van der Waals surface area contributed by atoms with Gasteiger partial charge in [0.05, 0.1) is 6.61 Å². The number of thioether (sulfide) groups is 1. The molecule has 2 rings (SSSR count). The molecule has 0 radical (unpaired) electrons. The normalized spacial score (nSPS) is 10.1. The van der Waals surface area contributed by atoms with E-state index in [1.54, 1.807) is 42.1 Å². The predicted molar refractivity (Wildman–Crippen MR) is 90.2 cm³/mol. The van der Waals surface area contributed by atoms with Gasteiger partial charge < -0.3 is 9.47 Å². The zero-order valence-corrected chi connectivity index (χ0v) is 13.7. The Morgan fingerprint density at radius 1 is 1.14 bits per heavy atom. The third kappa shape index (κ3) is 4.43.